The molecule has 2 aromatic carbocycles. The van der Waals surface area contributed by atoms with Gasteiger partial charge in [-0.05, 0) is 83.7 Å². The predicted octanol–water partition coefficient (Wildman–Crippen LogP) is 5.83. The fourth-order valence-electron chi connectivity index (χ4n) is 6.49. The summed E-state index contributed by atoms with van der Waals surface area (Å²) < 4.78 is 30.3. The normalized spacial score (nSPS) is 21.3. The zero-order chi connectivity index (χ0) is 31.3. The van der Waals surface area contributed by atoms with Gasteiger partial charge in [-0.3, -0.25) is 9.58 Å². The molecule has 2 aromatic heterocycles. The molecule has 0 radical (unpaired) electrons. The summed E-state index contributed by atoms with van der Waals surface area (Å²) in [6.45, 7) is 11.3. The van der Waals surface area contributed by atoms with Crippen LogP contribution in [0.3, 0.4) is 0 Å². The van der Waals surface area contributed by atoms with E-state index in [1.807, 2.05) is 56.3 Å². The van der Waals surface area contributed by atoms with Crippen molar-refractivity contribution in [3.8, 4) is 0 Å². The number of amides is 1. The third-order valence-electron chi connectivity index (χ3n) is 8.30. The Morgan fingerprint density at radius 3 is 2.55 bits per heavy atom. The smallest absolute Gasteiger partial charge is 0.410 e. The molecule has 0 bridgehead atoms. The number of carbonyl (C=O) groups excluding carboxylic acids is 1. The van der Waals surface area contributed by atoms with Gasteiger partial charge in [-0.2, -0.15) is 10.2 Å². The van der Waals surface area contributed by atoms with E-state index in [2.05, 4.69) is 21.4 Å². The van der Waals surface area contributed by atoms with Crippen LogP contribution >= 0.6 is 0 Å². The average Bonchev–Trinajstić information content (AvgIpc) is 3.51. The van der Waals surface area contributed by atoms with Crippen molar-refractivity contribution in [2.24, 2.45) is 7.05 Å². The van der Waals surface area contributed by atoms with E-state index in [9.17, 15) is 14.3 Å². The molecule has 12 heteroatoms. The number of ether oxygens (including phenoxy) is 2. The van der Waals surface area contributed by atoms with Gasteiger partial charge >= 0.3 is 6.09 Å². The highest BCUT2D eigenvalue weighted by atomic mass is 19.1. The summed E-state index contributed by atoms with van der Waals surface area (Å²) in [5, 5.41) is 24.5. The first-order valence-electron chi connectivity index (χ1n) is 15.4. The van der Waals surface area contributed by atoms with Gasteiger partial charge in [0.25, 0.3) is 0 Å². The Labute approximate surface area is 256 Å². The standard InChI is InChI=1S/C32H42FN7O4/c1-19-15-38(16-20(2)39(19)31(42)44-32(3,4)5)24-12-22(18-41)28-26(14-24)40(27-9-7-8-10-43-27)36-30(28)34-23-11-21-17-37(6)35-29(21)25(33)13-23/h11-14,17,19-20,27,41H,7-10,15-16,18H2,1-6H3,(H,34,36)/t19-,20-,27?/m0/s1. The number of aryl methyl sites for hydroxylation is 1. The maximum Gasteiger partial charge on any atom is 0.410 e. The third-order valence-corrected chi connectivity index (χ3v) is 8.30. The summed E-state index contributed by atoms with van der Waals surface area (Å²) in [5.41, 5.74) is 2.71. The molecule has 0 spiro atoms. The molecule has 3 atom stereocenters. The zero-order valence-electron chi connectivity index (χ0n) is 26.3. The van der Waals surface area contributed by atoms with Crippen LogP contribution in [-0.2, 0) is 23.1 Å². The molecule has 44 heavy (non-hydrogen) atoms. The molecular weight excluding hydrogens is 565 g/mol. The van der Waals surface area contributed by atoms with Crippen molar-refractivity contribution in [2.45, 2.75) is 84.4 Å². The van der Waals surface area contributed by atoms with Gasteiger partial charge in [0.2, 0.25) is 0 Å². The van der Waals surface area contributed by atoms with Gasteiger partial charge in [-0.15, -0.1) is 0 Å². The topological polar surface area (TPSA) is 110 Å². The summed E-state index contributed by atoms with van der Waals surface area (Å²) in [6.07, 6.45) is 4.03. The lowest BCUT2D eigenvalue weighted by molar-refractivity contribution is -0.0365. The lowest BCUT2D eigenvalue weighted by atomic mass is 10.0. The van der Waals surface area contributed by atoms with E-state index in [-0.39, 0.29) is 31.0 Å². The summed E-state index contributed by atoms with van der Waals surface area (Å²) in [5.74, 6) is 0.0901. The monoisotopic (exact) mass is 607 g/mol. The molecule has 2 N–H and O–H groups in total. The lowest BCUT2D eigenvalue weighted by Gasteiger charge is -2.45. The van der Waals surface area contributed by atoms with E-state index in [1.54, 1.807) is 17.9 Å². The second-order valence-corrected chi connectivity index (χ2v) is 13.1. The molecule has 0 saturated carbocycles. The maximum atomic E-state index is 15.0. The Kier molecular flexibility index (Phi) is 7.91. The number of hydrogen-bond donors (Lipinski definition) is 2. The zero-order valence-corrected chi connectivity index (χ0v) is 26.3. The summed E-state index contributed by atoms with van der Waals surface area (Å²) >= 11 is 0. The number of halogens is 1. The van der Waals surface area contributed by atoms with Crippen molar-refractivity contribution in [2.75, 3.05) is 29.9 Å². The van der Waals surface area contributed by atoms with Gasteiger partial charge in [-0.25, -0.2) is 13.9 Å². The van der Waals surface area contributed by atoms with Gasteiger partial charge < -0.3 is 24.8 Å². The first kappa shape index (κ1) is 30.1. The van der Waals surface area contributed by atoms with Crippen LogP contribution in [-0.4, -0.2) is 73.0 Å². The quantitative estimate of drug-likeness (QED) is 0.292. The molecule has 2 fully saturated rings. The molecule has 4 aromatic rings. The number of anilines is 3. The average molecular weight is 608 g/mol. The fourth-order valence-corrected chi connectivity index (χ4v) is 6.49. The van der Waals surface area contributed by atoms with Gasteiger partial charge in [0.05, 0.1) is 29.6 Å². The van der Waals surface area contributed by atoms with Crippen molar-refractivity contribution >= 4 is 45.1 Å². The van der Waals surface area contributed by atoms with E-state index in [4.69, 9.17) is 14.6 Å². The van der Waals surface area contributed by atoms with Crippen LogP contribution < -0.4 is 10.2 Å². The molecule has 0 aliphatic carbocycles. The molecular formula is C32H42FN7O4. The number of nitrogens with one attached hydrogen (secondary N) is 1. The van der Waals surface area contributed by atoms with Crippen LogP contribution in [0.15, 0.2) is 30.5 Å². The Morgan fingerprint density at radius 1 is 1.14 bits per heavy atom. The molecule has 1 unspecified atom stereocenters. The molecule has 6 rings (SSSR count). The van der Waals surface area contributed by atoms with Gasteiger partial charge in [-0.1, -0.05) is 0 Å². The second-order valence-electron chi connectivity index (χ2n) is 13.1. The fraction of sp³-hybridized carbons (Fsp3) is 0.531. The number of nitrogens with zero attached hydrogens (tertiary/aromatic N) is 6. The van der Waals surface area contributed by atoms with Gasteiger partial charge in [0.15, 0.2) is 17.9 Å². The van der Waals surface area contributed by atoms with Crippen LogP contribution in [0.1, 0.15) is 65.7 Å². The van der Waals surface area contributed by atoms with Crippen LogP contribution in [0.5, 0.6) is 0 Å². The Hall–Kier alpha value is -3.90. The van der Waals surface area contributed by atoms with E-state index in [0.29, 0.717) is 47.7 Å². The minimum Gasteiger partial charge on any atom is -0.444 e. The number of benzene rings is 2. The van der Waals surface area contributed by atoms with Gasteiger partial charge in [0, 0.05) is 49.7 Å². The van der Waals surface area contributed by atoms with E-state index in [1.165, 1.54) is 6.07 Å². The van der Waals surface area contributed by atoms with Crippen molar-refractivity contribution in [3.63, 3.8) is 0 Å². The highest BCUT2D eigenvalue weighted by molar-refractivity contribution is 5.97. The third kappa shape index (κ3) is 5.80. The minimum absolute atomic E-state index is 0.0945. The first-order chi connectivity index (χ1) is 20.9. The Balaban J connectivity index is 1.38. The number of hydrogen-bond acceptors (Lipinski definition) is 8. The minimum atomic E-state index is -0.574. The van der Waals surface area contributed by atoms with Gasteiger partial charge in [0.1, 0.15) is 11.1 Å². The number of aliphatic hydroxyl groups is 1. The highest BCUT2D eigenvalue weighted by Gasteiger charge is 2.36. The van der Waals surface area contributed by atoms with E-state index < -0.39 is 11.4 Å². The maximum absolute atomic E-state index is 15.0. The highest BCUT2D eigenvalue weighted by Crippen LogP contribution is 2.38. The predicted molar refractivity (Wildman–Crippen MR) is 168 cm³/mol. The Morgan fingerprint density at radius 2 is 1.89 bits per heavy atom. The van der Waals surface area contributed by atoms with Crippen LogP contribution in [0, 0.1) is 5.82 Å². The van der Waals surface area contributed by atoms with Crippen LogP contribution in [0.25, 0.3) is 21.8 Å². The summed E-state index contributed by atoms with van der Waals surface area (Å²) in [4.78, 5) is 17.1. The number of aliphatic hydroxyl groups excluding tert-OH is 1. The van der Waals surface area contributed by atoms with Crippen molar-refractivity contribution in [3.05, 3.63) is 41.8 Å². The lowest BCUT2D eigenvalue weighted by Crippen LogP contribution is -2.59. The SMILES string of the molecule is C[C@H]1CN(c2cc(CO)c3c(Nc4cc(F)c5nn(C)cc5c4)nn(C4CCCCO4)c3c2)C[C@H](C)N1C(=O)OC(C)(C)C. The van der Waals surface area contributed by atoms with Crippen LogP contribution in [0.2, 0.25) is 0 Å². The van der Waals surface area contributed by atoms with Crippen molar-refractivity contribution < 1.29 is 23.8 Å². The second kappa shape index (κ2) is 11.6. The largest absolute Gasteiger partial charge is 0.444 e. The van der Waals surface area contributed by atoms with E-state index in [0.717, 1.165) is 35.9 Å². The molecule has 4 heterocycles. The molecule has 1 amide bonds. The molecule has 2 aliphatic heterocycles. The van der Waals surface area contributed by atoms with Crippen molar-refractivity contribution in [1.82, 2.24) is 24.5 Å². The molecule has 11 nitrogen and oxygen atoms in total. The first-order valence-corrected chi connectivity index (χ1v) is 15.4. The van der Waals surface area contributed by atoms with Crippen molar-refractivity contribution in [1.29, 1.82) is 0 Å². The summed E-state index contributed by atoms with van der Waals surface area (Å²) in [6, 6.07) is 7.13. The number of piperazine rings is 1. The molecule has 2 aliphatic rings. The summed E-state index contributed by atoms with van der Waals surface area (Å²) in [7, 11) is 1.76. The van der Waals surface area contributed by atoms with E-state index >= 15 is 0 Å². The number of carbonyl (C=O) groups is 1. The Bertz CT molecular complexity index is 1680. The number of aromatic nitrogens is 4. The molecule has 236 valence electrons. The number of fused-ring (bicyclic) bond motifs is 2. The van der Waals surface area contributed by atoms with Crippen LogP contribution in [0.4, 0.5) is 26.4 Å². The molecule has 2 saturated heterocycles. The number of rotatable bonds is 5.